The fourth-order valence-electron chi connectivity index (χ4n) is 2.10. The van der Waals surface area contributed by atoms with Crippen LogP contribution in [-0.2, 0) is 0 Å². The zero-order valence-electron chi connectivity index (χ0n) is 10.3. The predicted octanol–water partition coefficient (Wildman–Crippen LogP) is 4.14. The molecule has 2 atom stereocenters. The monoisotopic (exact) mass is 225 g/mol. The minimum absolute atomic E-state index is 0.551. The first-order valence-electron chi connectivity index (χ1n) is 5.98. The molecule has 2 heteroatoms. The van der Waals surface area contributed by atoms with Gasteiger partial charge in [-0.15, -0.1) is 11.3 Å². The Hall–Kier alpha value is -0.340. The van der Waals surface area contributed by atoms with Gasteiger partial charge < -0.3 is 5.32 Å². The molecule has 0 aliphatic heterocycles. The van der Waals surface area contributed by atoms with E-state index in [1.807, 2.05) is 11.3 Å². The highest BCUT2D eigenvalue weighted by atomic mass is 32.1. The normalized spacial score (nSPS) is 15.2. The van der Waals surface area contributed by atoms with Crippen molar-refractivity contribution in [2.75, 3.05) is 6.54 Å². The van der Waals surface area contributed by atoms with E-state index >= 15 is 0 Å². The summed E-state index contributed by atoms with van der Waals surface area (Å²) in [5.74, 6) is 0.729. The van der Waals surface area contributed by atoms with Crippen molar-refractivity contribution < 1.29 is 0 Å². The van der Waals surface area contributed by atoms with Crippen LogP contribution in [0, 0.1) is 12.8 Å². The lowest BCUT2D eigenvalue weighted by Gasteiger charge is -2.24. The average Bonchev–Trinajstić information content (AvgIpc) is 2.61. The number of hydrogen-bond acceptors (Lipinski definition) is 2. The standard InChI is InChI=1S/C13H23NS/c1-5-7-10(3)12(14-6-2)13-11(4)8-9-15-13/h8-10,12,14H,5-7H2,1-4H3. The Morgan fingerprint density at radius 2 is 2.13 bits per heavy atom. The van der Waals surface area contributed by atoms with Crippen LogP contribution in [0.25, 0.3) is 0 Å². The van der Waals surface area contributed by atoms with E-state index in [4.69, 9.17) is 0 Å². The van der Waals surface area contributed by atoms with Gasteiger partial charge in [0.2, 0.25) is 0 Å². The molecule has 15 heavy (non-hydrogen) atoms. The lowest BCUT2D eigenvalue weighted by atomic mass is 9.94. The quantitative estimate of drug-likeness (QED) is 0.767. The molecule has 0 aromatic carbocycles. The fraction of sp³-hybridized carbons (Fsp3) is 0.692. The molecule has 0 bridgehead atoms. The van der Waals surface area contributed by atoms with Crippen LogP contribution in [-0.4, -0.2) is 6.54 Å². The highest BCUT2D eigenvalue weighted by Gasteiger charge is 2.20. The van der Waals surface area contributed by atoms with Crippen molar-refractivity contribution in [2.24, 2.45) is 5.92 Å². The largest absolute Gasteiger partial charge is 0.309 e. The Bertz CT molecular complexity index is 280. The van der Waals surface area contributed by atoms with Gasteiger partial charge in [0, 0.05) is 10.9 Å². The van der Waals surface area contributed by atoms with Crippen LogP contribution in [0.3, 0.4) is 0 Å². The first-order valence-corrected chi connectivity index (χ1v) is 6.86. The van der Waals surface area contributed by atoms with E-state index in [9.17, 15) is 0 Å². The van der Waals surface area contributed by atoms with Gasteiger partial charge in [-0.1, -0.05) is 27.2 Å². The summed E-state index contributed by atoms with van der Waals surface area (Å²) in [4.78, 5) is 1.53. The van der Waals surface area contributed by atoms with Gasteiger partial charge in [-0.25, -0.2) is 0 Å². The predicted molar refractivity (Wildman–Crippen MR) is 69.5 cm³/mol. The van der Waals surface area contributed by atoms with Gasteiger partial charge >= 0.3 is 0 Å². The lowest BCUT2D eigenvalue weighted by molar-refractivity contribution is 0.373. The number of aryl methyl sites for hydroxylation is 1. The summed E-state index contributed by atoms with van der Waals surface area (Å²) in [6.07, 6.45) is 2.57. The van der Waals surface area contributed by atoms with Crippen LogP contribution in [0.5, 0.6) is 0 Å². The molecule has 0 saturated heterocycles. The summed E-state index contributed by atoms with van der Waals surface area (Å²) < 4.78 is 0. The molecule has 0 fully saturated rings. The molecule has 1 heterocycles. The Morgan fingerprint density at radius 1 is 1.40 bits per heavy atom. The van der Waals surface area contributed by atoms with Crippen LogP contribution >= 0.6 is 11.3 Å². The van der Waals surface area contributed by atoms with Gasteiger partial charge in [0.05, 0.1) is 0 Å². The van der Waals surface area contributed by atoms with Crippen LogP contribution in [0.15, 0.2) is 11.4 Å². The van der Waals surface area contributed by atoms with E-state index in [0.717, 1.165) is 12.5 Å². The molecular formula is C13H23NS. The molecule has 86 valence electrons. The zero-order chi connectivity index (χ0) is 11.3. The molecule has 2 unspecified atom stereocenters. The summed E-state index contributed by atoms with van der Waals surface area (Å²) in [5, 5.41) is 5.82. The van der Waals surface area contributed by atoms with Crippen molar-refractivity contribution in [1.29, 1.82) is 0 Å². The van der Waals surface area contributed by atoms with Crippen LogP contribution in [0.1, 0.15) is 50.1 Å². The van der Waals surface area contributed by atoms with Crippen LogP contribution < -0.4 is 5.32 Å². The average molecular weight is 225 g/mol. The second-order valence-corrected chi connectivity index (χ2v) is 5.22. The fourth-order valence-corrected chi connectivity index (χ4v) is 3.23. The molecule has 0 aliphatic carbocycles. The van der Waals surface area contributed by atoms with E-state index in [0.29, 0.717) is 6.04 Å². The first kappa shape index (κ1) is 12.7. The Morgan fingerprint density at radius 3 is 2.60 bits per heavy atom. The summed E-state index contributed by atoms with van der Waals surface area (Å²) in [6.45, 7) is 10.1. The molecule has 1 aromatic heterocycles. The molecular weight excluding hydrogens is 202 g/mol. The van der Waals surface area contributed by atoms with Gasteiger partial charge in [-0.3, -0.25) is 0 Å². The van der Waals surface area contributed by atoms with Crippen molar-refractivity contribution in [3.63, 3.8) is 0 Å². The third-order valence-electron chi connectivity index (χ3n) is 2.92. The second-order valence-electron chi connectivity index (χ2n) is 4.27. The second kappa shape index (κ2) is 6.29. The van der Waals surface area contributed by atoms with Crippen LogP contribution in [0.2, 0.25) is 0 Å². The van der Waals surface area contributed by atoms with Crippen molar-refractivity contribution >= 4 is 11.3 Å². The Balaban J connectivity index is 2.77. The maximum atomic E-state index is 3.62. The molecule has 0 aliphatic rings. The van der Waals surface area contributed by atoms with Gasteiger partial charge in [0.25, 0.3) is 0 Å². The molecule has 1 nitrogen and oxygen atoms in total. The zero-order valence-corrected chi connectivity index (χ0v) is 11.2. The summed E-state index contributed by atoms with van der Waals surface area (Å²) in [7, 11) is 0. The summed E-state index contributed by atoms with van der Waals surface area (Å²) in [6, 6.07) is 2.78. The minimum Gasteiger partial charge on any atom is -0.309 e. The number of thiophene rings is 1. The number of hydrogen-bond donors (Lipinski definition) is 1. The number of nitrogens with one attached hydrogen (secondary N) is 1. The van der Waals surface area contributed by atoms with Gasteiger partial charge in [-0.2, -0.15) is 0 Å². The minimum atomic E-state index is 0.551. The van der Waals surface area contributed by atoms with E-state index in [-0.39, 0.29) is 0 Å². The topological polar surface area (TPSA) is 12.0 Å². The smallest absolute Gasteiger partial charge is 0.0443 e. The highest BCUT2D eigenvalue weighted by Crippen LogP contribution is 2.31. The maximum absolute atomic E-state index is 3.62. The summed E-state index contributed by atoms with van der Waals surface area (Å²) >= 11 is 1.89. The molecule has 1 N–H and O–H groups in total. The van der Waals surface area contributed by atoms with Gasteiger partial charge in [-0.05, 0) is 42.8 Å². The van der Waals surface area contributed by atoms with Crippen molar-refractivity contribution in [3.05, 3.63) is 21.9 Å². The van der Waals surface area contributed by atoms with Gasteiger partial charge in [0.1, 0.15) is 0 Å². The molecule has 1 rings (SSSR count). The molecule has 1 aromatic rings. The maximum Gasteiger partial charge on any atom is 0.0443 e. The third-order valence-corrected chi connectivity index (χ3v) is 4.02. The molecule has 0 amide bonds. The third kappa shape index (κ3) is 3.32. The van der Waals surface area contributed by atoms with Crippen molar-refractivity contribution in [3.8, 4) is 0 Å². The molecule has 0 radical (unpaired) electrons. The lowest BCUT2D eigenvalue weighted by Crippen LogP contribution is -2.26. The van der Waals surface area contributed by atoms with E-state index in [1.54, 1.807) is 0 Å². The van der Waals surface area contributed by atoms with E-state index in [2.05, 4.69) is 44.5 Å². The summed E-state index contributed by atoms with van der Waals surface area (Å²) in [5.41, 5.74) is 1.44. The van der Waals surface area contributed by atoms with Crippen molar-refractivity contribution in [2.45, 2.75) is 46.6 Å². The SMILES string of the molecule is CCCC(C)C(NCC)c1sccc1C. The Labute approximate surface area is 97.9 Å². The van der Waals surface area contributed by atoms with Gasteiger partial charge in [0.15, 0.2) is 0 Å². The first-order chi connectivity index (χ1) is 7.20. The highest BCUT2D eigenvalue weighted by molar-refractivity contribution is 7.10. The number of rotatable bonds is 6. The molecule has 0 saturated carbocycles. The van der Waals surface area contributed by atoms with E-state index in [1.165, 1.54) is 23.3 Å². The molecule has 0 spiro atoms. The van der Waals surface area contributed by atoms with Crippen molar-refractivity contribution in [1.82, 2.24) is 5.32 Å². The Kier molecular flexibility index (Phi) is 5.34. The van der Waals surface area contributed by atoms with E-state index < -0.39 is 0 Å². The van der Waals surface area contributed by atoms with Crippen LogP contribution in [0.4, 0.5) is 0 Å².